The molecule has 0 unspecified atom stereocenters. The first-order valence-electron chi connectivity index (χ1n) is 8.15. The lowest BCUT2D eigenvalue weighted by atomic mass is 10.1. The van der Waals surface area contributed by atoms with Crippen molar-refractivity contribution in [1.29, 1.82) is 0 Å². The molecule has 1 aromatic rings. The molecule has 0 aromatic heterocycles. The molecular weight excluding hydrogens is 278 g/mol. The van der Waals surface area contributed by atoms with Crippen LogP contribution in [0.2, 0.25) is 0 Å². The third-order valence-electron chi connectivity index (χ3n) is 4.76. The molecule has 22 heavy (non-hydrogen) atoms. The van der Waals surface area contributed by atoms with Gasteiger partial charge in [-0.25, -0.2) is 0 Å². The Morgan fingerprint density at radius 3 is 2.32 bits per heavy atom. The monoisotopic (exact) mass is 303 g/mol. The first-order valence-corrected chi connectivity index (χ1v) is 8.15. The minimum atomic E-state index is -0.364. The molecule has 0 spiro atoms. The summed E-state index contributed by atoms with van der Waals surface area (Å²) in [7, 11) is 0. The summed E-state index contributed by atoms with van der Waals surface area (Å²) >= 11 is 0. The summed E-state index contributed by atoms with van der Waals surface area (Å²) in [5.74, 6) is -0.364. The Balaban J connectivity index is 1.48. The number of primary amides is 1. The molecule has 2 aliphatic heterocycles. The van der Waals surface area contributed by atoms with Gasteiger partial charge in [-0.2, -0.15) is 0 Å². The van der Waals surface area contributed by atoms with Crippen molar-refractivity contribution in [2.45, 2.75) is 25.4 Å². The Kier molecular flexibility index (Phi) is 5.08. The summed E-state index contributed by atoms with van der Waals surface area (Å²) in [5.41, 5.74) is 7.09. The number of amides is 1. The van der Waals surface area contributed by atoms with Crippen LogP contribution in [0.15, 0.2) is 24.3 Å². The van der Waals surface area contributed by atoms with Gasteiger partial charge >= 0.3 is 0 Å². The summed E-state index contributed by atoms with van der Waals surface area (Å²) < 4.78 is 5.45. The van der Waals surface area contributed by atoms with Crippen LogP contribution in [0.1, 0.15) is 28.8 Å². The van der Waals surface area contributed by atoms with Crippen molar-refractivity contribution in [1.82, 2.24) is 9.80 Å². The summed E-state index contributed by atoms with van der Waals surface area (Å²) in [6.07, 6.45) is 2.35. The van der Waals surface area contributed by atoms with Gasteiger partial charge in [0.15, 0.2) is 0 Å². The van der Waals surface area contributed by atoms with Crippen molar-refractivity contribution in [2.24, 2.45) is 5.73 Å². The molecule has 2 aliphatic rings. The van der Waals surface area contributed by atoms with Crippen molar-refractivity contribution in [2.75, 3.05) is 39.4 Å². The molecule has 5 heteroatoms. The van der Waals surface area contributed by atoms with Crippen molar-refractivity contribution in [3.8, 4) is 0 Å². The predicted molar refractivity (Wildman–Crippen MR) is 85.7 cm³/mol. The summed E-state index contributed by atoms with van der Waals surface area (Å²) in [6.45, 7) is 7.27. The normalized spacial score (nSPS) is 21.8. The zero-order valence-electron chi connectivity index (χ0n) is 13.0. The molecule has 2 fully saturated rings. The van der Waals surface area contributed by atoms with E-state index in [9.17, 15) is 4.79 Å². The van der Waals surface area contributed by atoms with E-state index in [-0.39, 0.29) is 5.91 Å². The molecule has 120 valence electrons. The minimum absolute atomic E-state index is 0.364. The summed E-state index contributed by atoms with van der Waals surface area (Å²) in [5, 5.41) is 0. The summed E-state index contributed by atoms with van der Waals surface area (Å²) in [6, 6.07) is 8.35. The number of nitrogens with two attached hydrogens (primary N) is 1. The highest BCUT2D eigenvalue weighted by Gasteiger charge is 2.25. The van der Waals surface area contributed by atoms with Gasteiger partial charge < -0.3 is 10.5 Å². The van der Waals surface area contributed by atoms with Gasteiger partial charge in [0.05, 0.1) is 0 Å². The van der Waals surface area contributed by atoms with E-state index >= 15 is 0 Å². The van der Waals surface area contributed by atoms with Gasteiger partial charge in [-0.3, -0.25) is 14.6 Å². The van der Waals surface area contributed by atoms with Crippen molar-refractivity contribution < 1.29 is 9.53 Å². The SMILES string of the molecule is NC(=O)c1ccc(CN2CCN(C3CCOCC3)CC2)cc1. The van der Waals surface area contributed by atoms with Gasteiger partial charge in [-0.1, -0.05) is 12.1 Å². The number of rotatable bonds is 4. The topological polar surface area (TPSA) is 58.8 Å². The lowest BCUT2D eigenvalue weighted by Crippen LogP contribution is -2.51. The van der Waals surface area contributed by atoms with Crippen molar-refractivity contribution in [3.05, 3.63) is 35.4 Å². The molecule has 0 aliphatic carbocycles. The molecule has 0 bridgehead atoms. The van der Waals surface area contributed by atoms with Crippen LogP contribution in [-0.2, 0) is 11.3 Å². The number of hydrogen-bond acceptors (Lipinski definition) is 4. The zero-order chi connectivity index (χ0) is 15.4. The van der Waals surface area contributed by atoms with E-state index in [2.05, 4.69) is 9.80 Å². The molecule has 3 rings (SSSR count). The Bertz CT molecular complexity index is 489. The predicted octanol–water partition coefficient (Wildman–Crippen LogP) is 1.08. The molecular formula is C17H25N3O2. The highest BCUT2D eigenvalue weighted by atomic mass is 16.5. The number of benzene rings is 1. The van der Waals surface area contributed by atoms with Crippen LogP contribution < -0.4 is 5.73 Å². The fraction of sp³-hybridized carbons (Fsp3) is 0.588. The average Bonchev–Trinajstić information content (AvgIpc) is 2.57. The largest absolute Gasteiger partial charge is 0.381 e. The molecule has 2 saturated heterocycles. The fourth-order valence-corrected chi connectivity index (χ4v) is 3.37. The highest BCUT2D eigenvalue weighted by Crippen LogP contribution is 2.17. The van der Waals surface area contributed by atoms with E-state index in [0.717, 1.165) is 45.9 Å². The molecule has 0 atom stereocenters. The van der Waals surface area contributed by atoms with Gasteiger partial charge in [0, 0.05) is 57.5 Å². The van der Waals surface area contributed by atoms with Crippen molar-refractivity contribution >= 4 is 5.91 Å². The van der Waals surface area contributed by atoms with E-state index in [4.69, 9.17) is 10.5 Å². The standard InChI is InChI=1S/C17H25N3O2/c18-17(21)15-3-1-14(2-4-15)13-19-7-9-20(10-8-19)16-5-11-22-12-6-16/h1-4,16H,5-13H2,(H2,18,21). The van der Waals surface area contributed by atoms with E-state index in [1.807, 2.05) is 24.3 Å². The molecule has 0 saturated carbocycles. The van der Waals surface area contributed by atoms with E-state index in [1.165, 1.54) is 18.4 Å². The Morgan fingerprint density at radius 1 is 1.09 bits per heavy atom. The highest BCUT2D eigenvalue weighted by molar-refractivity contribution is 5.92. The average molecular weight is 303 g/mol. The van der Waals surface area contributed by atoms with Crippen molar-refractivity contribution in [3.63, 3.8) is 0 Å². The number of carbonyl (C=O) groups is 1. The minimum Gasteiger partial charge on any atom is -0.381 e. The second-order valence-corrected chi connectivity index (χ2v) is 6.22. The van der Waals surface area contributed by atoms with Crippen LogP contribution in [0.3, 0.4) is 0 Å². The van der Waals surface area contributed by atoms with E-state index in [0.29, 0.717) is 11.6 Å². The molecule has 5 nitrogen and oxygen atoms in total. The molecule has 1 amide bonds. The Labute approximate surface area is 132 Å². The Morgan fingerprint density at radius 2 is 1.73 bits per heavy atom. The number of hydrogen-bond donors (Lipinski definition) is 1. The maximum absolute atomic E-state index is 11.1. The van der Waals surface area contributed by atoms with Gasteiger partial charge in [0.1, 0.15) is 0 Å². The lowest BCUT2D eigenvalue weighted by molar-refractivity contribution is 0.0126. The molecule has 1 aromatic carbocycles. The van der Waals surface area contributed by atoms with Crippen LogP contribution in [0.5, 0.6) is 0 Å². The van der Waals surface area contributed by atoms with Gasteiger partial charge in [0.25, 0.3) is 0 Å². The smallest absolute Gasteiger partial charge is 0.248 e. The maximum Gasteiger partial charge on any atom is 0.248 e. The zero-order valence-corrected chi connectivity index (χ0v) is 13.0. The second kappa shape index (κ2) is 7.22. The first kappa shape index (κ1) is 15.5. The first-order chi connectivity index (χ1) is 10.7. The van der Waals surface area contributed by atoms with Crippen LogP contribution in [0.4, 0.5) is 0 Å². The lowest BCUT2D eigenvalue weighted by Gasteiger charge is -2.40. The number of carbonyl (C=O) groups excluding carboxylic acids is 1. The quantitative estimate of drug-likeness (QED) is 0.904. The van der Waals surface area contributed by atoms with E-state index < -0.39 is 0 Å². The molecule has 2 N–H and O–H groups in total. The van der Waals surface area contributed by atoms with Gasteiger partial charge in [0.2, 0.25) is 5.91 Å². The van der Waals surface area contributed by atoms with Gasteiger partial charge in [-0.05, 0) is 30.5 Å². The second-order valence-electron chi connectivity index (χ2n) is 6.22. The van der Waals surface area contributed by atoms with Crippen LogP contribution >= 0.6 is 0 Å². The number of nitrogens with zero attached hydrogens (tertiary/aromatic N) is 2. The third-order valence-corrected chi connectivity index (χ3v) is 4.76. The molecule has 2 heterocycles. The van der Waals surface area contributed by atoms with Crippen LogP contribution in [-0.4, -0.2) is 61.1 Å². The maximum atomic E-state index is 11.1. The number of ether oxygens (including phenoxy) is 1. The van der Waals surface area contributed by atoms with Crippen LogP contribution in [0.25, 0.3) is 0 Å². The third kappa shape index (κ3) is 3.85. The van der Waals surface area contributed by atoms with Crippen LogP contribution in [0, 0.1) is 0 Å². The Hall–Kier alpha value is -1.43. The fourth-order valence-electron chi connectivity index (χ4n) is 3.37. The van der Waals surface area contributed by atoms with E-state index in [1.54, 1.807) is 0 Å². The number of piperazine rings is 1. The summed E-state index contributed by atoms with van der Waals surface area (Å²) in [4.78, 5) is 16.2. The molecule has 0 radical (unpaired) electrons. The van der Waals surface area contributed by atoms with Gasteiger partial charge in [-0.15, -0.1) is 0 Å².